The largest absolute Gasteiger partial charge is 2.00 e. The van der Waals surface area contributed by atoms with E-state index in [-0.39, 0.29) is 27.8 Å². The number of aliphatic hydroxyl groups excluding tert-OH is 1. The van der Waals surface area contributed by atoms with E-state index in [1.165, 1.54) is 0 Å². The maximum Gasteiger partial charge on any atom is 2.00 e. The Kier molecular flexibility index (Phi) is 8.59. The molecule has 0 fully saturated rings. The summed E-state index contributed by atoms with van der Waals surface area (Å²) in [6.45, 7) is 3.44. The van der Waals surface area contributed by atoms with E-state index in [0.717, 1.165) is 0 Å². The molecule has 5 heavy (non-hydrogen) atoms. The summed E-state index contributed by atoms with van der Waals surface area (Å²) in [5, 5.41) is 8.06. The van der Waals surface area contributed by atoms with Crippen LogP contribution in [0, 0.1) is 0 Å². The third-order valence-corrected chi connectivity index (χ3v) is 0. The molecule has 1 nitrogen and oxygen atoms in total. The molecule has 0 atom stereocenters. The van der Waals surface area contributed by atoms with Gasteiger partial charge in [-0.1, -0.05) is 0 Å². The van der Waals surface area contributed by atoms with Gasteiger partial charge in [-0.05, 0) is 13.8 Å². The van der Waals surface area contributed by atoms with Gasteiger partial charge in [-0.25, -0.2) is 0 Å². The Morgan fingerprint density at radius 2 is 1.40 bits per heavy atom. The van der Waals surface area contributed by atoms with E-state index in [1.54, 1.807) is 13.8 Å². The summed E-state index contributed by atoms with van der Waals surface area (Å²) >= 11 is 0. The van der Waals surface area contributed by atoms with Crippen molar-refractivity contribution in [2.24, 2.45) is 0 Å². The van der Waals surface area contributed by atoms with Crippen molar-refractivity contribution in [1.82, 2.24) is 0 Å². The van der Waals surface area contributed by atoms with E-state index in [2.05, 4.69) is 0 Å². The molecule has 0 aliphatic heterocycles. The van der Waals surface area contributed by atoms with Gasteiger partial charge < -0.3 is 5.11 Å². The third-order valence-electron chi connectivity index (χ3n) is 0. The molecule has 2 heteroatoms. The molecule has 0 aromatic rings. The van der Waals surface area contributed by atoms with Gasteiger partial charge in [0.25, 0.3) is 0 Å². The van der Waals surface area contributed by atoms with Crippen molar-refractivity contribution in [2.45, 2.75) is 20.0 Å². The summed E-state index contributed by atoms with van der Waals surface area (Å²) in [4.78, 5) is 0. The quantitative estimate of drug-likeness (QED) is 0.445. The fraction of sp³-hybridized carbons (Fsp3) is 1.00. The summed E-state index contributed by atoms with van der Waals surface area (Å²) in [5.41, 5.74) is 0. The first kappa shape index (κ1) is 9.18. The van der Waals surface area contributed by atoms with Crippen molar-refractivity contribution in [1.29, 1.82) is 0 Å². The molecule has 0 aromatic carbocycles. The third kappa shape index (κ3) is 73.5. The fourth-order valence-corrected chi connectivity index (χ4v) is 0. The van der Waals surface area contributed by atoms with Crippen LogP contribution >= 0.6 is 0 Å². The fourth-order valence-electron chi connectivity index (χ4n) is 0. The summed E-state index contributed by atoms with van der Waals surface area (Å²) in [6, 6.07) is 0. The molecule has 0 rings (SSSR count). The topological polar surface area (TPSA) is 20.2 Å². The van der Waals surface area contributed by atoms with Crippen molar-refractivity contribution < 1.29 is 26.8 Å². The maximum atomic E-state index is 8.06. The second-order valence-electron chi connectivity index (χ2n) is 1.09. The van der Waals surface area contributed by atoms with E-state index in [9.17, 15) is 0 Å². The molecule has 1 N–H and O–H groups in total. The van der Waals surface area contributed by atoms with Crippen LogP contribution in [0.1, 0.15) is 13.8 Å². The first-order chi connectivity index (χ1) is 1.73. The second kappa shape index (κ2) is 4.67. The van der Waals surface area contributed by atoms with Crippen LogP contribution in [0.4, 0.5) is 0 Å². The predicted molar refractivity (Wildman–Crippen MR) is 17.4 cm³/mol. The minimum atomic E-state index is -0.167. The predicted octanol–water partition coefficient (Wildman–Crippen LogP) is 0.385. The van der Waals surface area contributed by atoms with Crippen molar-refractivity contribution in [3.05, 3.63) is 0 Å². The van der Waals surface area contributed by atoms with Gasteiger partial charge in [0.1, 0.15) is 0 Å². The van der Waals surface area contributed by atoms with Crippen molar-refractivity contribution >= 4 is 0 Å². The smallest absolute Gasteiger partial charge is 0.394 e. The zero-order valence-corrected chi connectivity index (χ0v) is 5.09. The van der Waals surface area contributed by atoms with Gasteiger partial charge in [0.15, 0.2) is 0 Å². The molecule has 0 aromatic heterocycles. The van der Waals surface area contributed by atoms with Gasteiger partial charge in [0, 0.05) is 6.10 Å². The van der Waals surface area contributed by atoms with Gasteiger partial charge in [0.05, 0.1) is 0 Å². The molecule has 0 spiro atoms. The number of rotatable bonds is 0. The molecule has 0 saturated heterocycles. The van der Waals surface area contributed by atoms with Crippen LogP contribution in [0.25, 0.3) is 0 Å². The van der Waals surface area contributed by atoms with Crippen LogP contribution in [0.3, 0.4) is 0 Å². The molecular formula is C3H8OTi+2. The van der Waals surface area contributed by atoms with E-state index in [4.69, 9.17) is 5.11 Å². The van der Waals surface area contributed by atoms with Crippen molar-refractivity contribution in [2.75, 3.05) is 0 Å². The molecule has 0 amide bonds. The molecule has 0 aliphatic rings. The Morgan fingerprint density at radius 1 is 1.40 bits per heavy atom. The molecule has 0 bridgehead atoms. The maximum absolute atomic E-state index is 8.06. The van der Waals surface area contributed by atoms with Gasteiger partial charge in [0.2, 0.25) is 0 Å². The Morgan fingerprint density at radius 3 is 1.40 bits per heavy atom. The van der Waals surface area contributed by atoms with Crippen molar-refractivity contribution in [3.63, 3.8) is 0 Å². The summed E-state index contributed by atoms with van der Waals surface area (Å²) in [6.07, 6.45) is -0.167. The van der Waals surface area contributed by atoms with E-state index >= 15 is 0 Å². The standard InChI is InChI=1S/C3H8O.Ti/c1-3(2)4;/h3-4H,1-2H3;/q;+2. The van der Waals surface area contributed by atoms with Gasteiger partial charge >= 0.3 is 21.7 Å². The summed E-state index contributed by atoms with van der Waals surface area (Å²) < 4.78 is 0. The van der Waals surface area contributed by atoms with Crippen LogP contribution < -0.4 is 0 Å². The summed E-state index contributed by atoms with van der Waals surface area (Å²) in [7, 11) is 0. The minimum Gasteiger partial charge on any atom is -0.394 e. The first-order valence-corrected chi connectivity index (χ1v) is 1.41. The molecule has 0 unspecified atom stereocenters. The van der Waals surface area contributed by atoms with E-state index < -0.39 is 0 Å². The van der Waals surface area contributed by atoms with Gasteiger partial charge in [-0.2, -0.15) is 0 Å². The SMILES string of the molecule is CC(C)O.[Ti+2]. The van der Waals surface area contributed by atoms with E-state index in [1.807, 2.05) is 0 Å². The Hall–Kier alpha value is 0.674. The average molecular weight is 108 g/mol. The van der Waals surface area contributed by atoms with Crippen LogP contribution in [-0.4, -0.2) is 11.2 Å². The van der Waals surface area contributed by atoms with Crippen molar-refractivity contribution in [3.8, 4) is 0 Å². The number of hydrogen-bond acceptors (Lipinski definition) is 1. The molecule has 0 aliphatic carbocycles. The minimum absolute atomic E-state index is 0. The molecular weight excluding hydrogens is 99.9 g/mol. The Balaban J connectivity index is 0. The zero-order valence-electron chi connectivity index (χ0n) is 3.52. The molecule has 0 radical (unpaired) electrons. The van der Waals surface area contributed by atoms with E-state index in [0.29, 0.717) is 0 Å². The Labute approximate surface area is 47.3 Å². The molecule has 0 saturated carbocycles. The van der Waals surface area contributed by atoms with Crippen LogP contribution in [-0.2, 0) is 21.7 Å². The first-order valence-electron chi connectivity index (χ1n) is 1.41. The van der Waals surface area contributed by atoms with Gasteiger partial charge in [-0.3, -0.25) is 0 Å². The Bertz CT molecular complexity index is 11.6. The van der Waals surface area contributed by atoms with Crippen LogP contribution in [0.5, 0.6) is 0 Å². The van der Waals surface area contributed by atoms with Crippen LogP contribution in [0.15, 0.2) is 0 Å². The zero-order chi connectivity index (χ0) is 3.58. The number of hydrogen-bond donors (Lipinski definition) is 1. The summed E-state index contributed by atoms with van der Waals surface area (Å²) in [5.74, 6) is 0. The molecule has 0 heterocycles. The van der Waals surface area contributed by atoms with Crippen LogP contribution in [0.2, 0.25) is 0 Å². The second-order valence-corrected chi connectivity index (χ2v) is 1.09. The number of aliphatic hydroxyl groups is 1. The molecule has 28 valence electrons. The average Bonchev–Trinajstić information content (AvgIpc) is 0.811. The monoisotopic (exact) mass is 108 g/mol. The van der Waals surface area contributed by atoms with Gasteiger partial charge in [-0.15, -0.1) is 0 Å². The normalized spacial score (nSPS) is 7.20.